The SMILES string of the molecule is O=C(c1cccnc1)N1CCc2c(CN3CCCC3)n[nH]c2C1. The standard InChI is InChI=1S/C17H21N5O/c23-17(13-4-3-6-18-10-13)22-9-5-14-15(19-20-16(14)12-22)11-21-7-1-2-8-21/h3-4,6,10H,1-2,5,7-9,11-12H2,(H,19,20). The Morgan fingerprint density at radius 2 is 2.13 bits per heavy atom. The Bertz CT molecular complexity index is 690. The van der Waals surface area contributed by atoms with Crippen LogP contribution >= 0.6 is 0 Å². The van der Waals surface area contributed by atoms with Crippen LogP contribution < -0.4 is 0 Å². The molecule has 4 heterocycles. The first-order chi connectivity index (χ1) is 11.3. The summed E-state index contributed by atoms with van der Waals surface area (Å²) in [5.74, 6) is 0.0412. The highest BCUT2D eigenvalue weighted by molar-refractivity contribution is 5.94. The lowest BCUT2D eigenvalue weighted by Gasteiger charge is -2.27. The van der Waals surface area contributed by atoms with Crippen molar-refractivity contribution >= 4 is 5.91 Å². The maximum atomic E-state index is 12.5. The summed E-state index contributed by atoms with van der Waals surface area (Å²) in [7, 11) is 0. The van der Waals surface area contributed by atoms with E-state index in [-0.39, 0.29) is 5.91 Å². The molecular formula is C17H21N5O. The molecule has 0 spiro atoms. The van der Waals surface area contributed by atoms with Crippen molar-refractivity contribution in [3.8, 4) is 0 Å². The van der Waals surface area contributed by atoms with Gasteiger partial charge in [0, 0.05) is 31.0 Å². The first kappa shape index (κ1) is 14.4. The van der Waals surface area contributed by atoms with E-state index in [4.69, 9.17) is 0 Å². The van der Waals surface area contributed by atoms with Crippen LogP contribution in [0.2, 0.25) is 0 Å². The molecule has 1 saturated heterocycles. The minimum Gasteiger partial charge on any atom is -0.332 e. The fourth-order valence-corrected chi connectivity index (χ4v) is 3.52. The summed E-state index contributed by atoms with van der Waals surface area (Å²) >= 11 is 0. The lowest BCUT2D eigenvalue weighted by atomic mass is 10.0. The van der Waals surface area contributed by atoms with Crippen LogP contribution in [-0.2, 0) is 19.5 Å². The molecule has 23 heavy (non-hydrogen) atoms. The first-order valence-electron chi connectivity index (χ1n) is 8.28. The van der Waals surface area contributed by atoms with Crippen molar-refractivity contribution in [1.82, 2.24) is 25.0 Å². The van der Waals surface area contributed by atoms with Gasteiger partial charge in [-0.3, -0.25) is 19.8 Å². The van der Waals surface area contributed by atoms with Gasteiger partial charge in [-0.25, -0.2) is 0 Å². The van der Waals surface area contributed by atoms with Crippen LogP contribution in [0.15, 0.2) is 24.5 Å². The predicted octanol–water partition coefficient (Wildman–Crippen LogP) is 1.60. The lowest BCUT2D eigenvalue weighted by Crippen LogP contribution is -2.36. The highest BCUT2D eigenvalue weighted by atomic mass is 16.2. The Morgan fingerprint density at radius 3 is 2.91 bits per heavy atom. The molecule has 1 fully saturated rings. The monoisotopic (exact) mass is 311 g/mol. The third-order valence-electron chi connectivity index (χ3n) is 4.79. The van der Waals surface area contributed by atoms with Crippen molar-refractivity contribution in [3.05, 3.63) is 47.0 Å². The summed E-state index contributed by atoms with van der Waals surface area (Å²) in [6.45, 7) is 4.63. The molecule has 0 aliphatic carbocycles. The highest BCUT2D eigenvalue weighted by Crippen LogP contribution is 2.23. The molecule has 6 heteroatoms. The molecule has 2 aromatic rings. The van der Waals surface area contributed by atoms with Gasteiger partial charge in [0.25, 0.3) is 5.91 Å². The number of nitrogens with one attached hydrogen (secondary N) is 1. The van der Waals surface area contributed by atoms with Gasteiger partial charge in [-0.05, 0) is 44.5 Å². The summed E-state index contributed by atoms with van der Waals surface area (Å²) in [6, 6.07) is 3.61. The van der Waals surface area contributed by atoms with E-state index in [0.717, 1.165) is 30.9 Å². The molecule has 0 aromatic carbocycles. The first-order valence-corrected chi connectivity index (χ1v) is 8.28. The predicted molar refractivity (Wildman–Crippen MR) is 85.8 cm³/mol. The van der Waals surface area contributed by atoms with E-state index in [2.05, 4.69) is 20.1 Å². The molecule has 2 aliphatic heterocycles. The summed E-state index contributed by atoms with van der Waals surface area (Å²) in [6.07, 6.45) is 6.77. The van der Waals surface area contributed by atoms with Crippen LogP contribution in [-0.4, -0.2) is 50.5 Å². The smallest absolute Gasteiger partial charge is 0.255 e. The van der Waals surface area contributed by atoms with E-state index in [1.165, 1.54) is 31.5 Å². The number of hydrogen-bond donors (Lipinski definition) is 1. The van der Waals surface area contributed by atoms with Gasteiger partial charge in [0.1, 0.15) is 0 Å². The minimum atomic E-state index is 0.0412. The Kier molecular flexibility index (Phi) is 3.83. The highest BCUT2D eigenvalue weighted by Gasteiger charge is 2.26. The quantitative estimate of drug-likeness (QED) is 0.935. The van der Waals surface area contributed by atoms with Gasteiger partial charge in [0.15, 0.2) is 0 Å². The molecule has 2 aliphatic rings. The van der Waals surface area contributed by atoms with E-state index in [0.29, 0.717) is 12.1 Å². The van der Waals surface area contributed by atoms with Crippen molar-refractivity contribution in [2.45, 2.75) is 32.4 Å². The maximum Gasteiger partial charge on any atom is 0.255 e. The largest absolute Gasteiger partial charge is 0.332 e. The molecule has 0 unspecified atom stereocenters. The van der Waals surface area contributed by atoms with Gasteiger partial charge in [0.05, 0.1) is 23.5 Å². The molecule has 2 aromatic heterocycles. The lowest BCUT2D eigenvalue weighted by molar-refractivity contribution is 0.0732. The fraction of sp³-hybridized carbons (Fsp3) is 0.471. The van der Waals surface area contributed by atoms with Crippen molar-refractivity contribution in [2.24, 2.45) is 0 Å². The Hall–Kier alpha value is -2.21. The van der Waals surface area contributed by atoms with Crippen LogP contribution in [0.4, 0.5) is 0 Å². The number of aromatic nitrogens is 3. The molecule has 6 nitrogen and oxygen atoms in total. The molecule has 120 valence electrons. The van der Waals surface area contributed by atoms with E-state index < -0.39 is 0 Å². The molecule has 1 N–H and O–H groups in total. The molecule has 0 bridgehead atoms. The third kappa shape index (κ3) is 2.86. The number of rotatable bonds is 3. The number of carbonyl (C=O) groups is 1. The van der Waals surface area contributed by atoms with Crippen LogP contribution in [0.1, 0.15) is 40.2 Å². The van der Waals surface area contributed by atoms with Crippen LogP contribution in [0, 0.1) is 0 Å². The van der Waals surface area contributed by atoms with Gasteiger partial charge in [-0.2, -0.15) is 5.10 Å². The molecule has 1 amide bonds. The number of H-pyrrole nitrogens is 1. The normalized spacial score (nSPS) is 18.2. The summed E-state index contributed by atoms with van der Waals surface area (Å²) in [5.41, 5.74) is 4.21. The number of pyridine rings is 1. The number of carbonyl (C=O) groups excluding carboxylic acids is 1. The molecule has 0 atom stereocenters. The second-order valence-electron chi connectivity index (χ2n) is 6.33. The topological polar surface area (TPSA) is 65.1 Å². The second-order valence-corrected chi connectivity index (χ2v) is 6.33. The molecular weight excluding hydrogens is 290 g/mol. The maximum absolute atomic E-state index is 12.5. The van der Waals surface area contributed by atoms with Gasteiger partial charge in [-0.15, -0.1) is 0 Å². The zero-order valence-corrected chi connectivity index (χ0v) is 13.2. The summed E-state index contributed by atoms with van der Waals surface area (Å²) < 4.78 is 0. The number of aromatic amines is 1. The molecule has 0 saturated carbocycles. The van der Waals surface area contributed by atoms with Crippen molar-refractivity contribution in [2.75, 3.05) is 19.6 Å². The summed E-state index contributed by atoms with van der Waals surface area (Å²) in [4.78, 5) is 20.9. The van der Waals surface area contributed by atoms with Gasteiger partial charge >= 0.3 is 0 Å². The number of amides is 1. The second kappa shape index (κ2) is 6.12. The Balaban J connectivity index is 1.47. The Labute approximate surface area is 135 Å². The van der Waals surface area contributed by atoms with Gasteiger partial charge in [-0.1, -0.05) is 0 Å². The molecule has 0 radical (unpaired) electrons. The van der Waals surface area contributed by atoms with Gasteiger partial charge < -0.3 is 4.90 Å². The minimum absolute atomic E-state index is 0.0412. The van der Waals surface area contributed by atoms with E-state index in [1.54, 1.807) is 18.5 Å². The van der Waals surface area contributed by atoms with Crippen LogP contribution in [0.25, 0.3) is 0 Å². The number of likely N-dealkylation sites (tertiary alicyclic amines) is 1. The van der Waals surface area contributed by atoms with Crippen molar-refractivity contribution in [1.29, 1.82) is 0 Å². The molecule has 4 rings (SSSR count). The zero-order valence-electron chi connectivity index (χ0n) is 13.2. The number of fused-ring (bicyclic) bond motifs is 1. The van der Waals surface area contributed by atoms with E-state index in [9.17, 15) is 4.79 Å². The van der Waals surface area contributed by atoms with Crippen LogP contribution in [0.3, 0.4) is 0 Å². The summed E-state index contributed by atoms with van der Waals surface area (Å²) in [5, 5.41) is 7.66. The Morgan fingerprint density at radius 1 is 1.26 bits per heavy atom. The fourth-order valence-electron chi connectivity index (χ4n) is 3.52. The zero-order chi connectivity index (χ0) is 15.6. The van der Waals surface area contributed by atoms with Gasteiger partial charge in [0.2, 0.25) is 0 Å². The van der Waals surface area contributed by atoms with Crippen molar-refractivity contribution < 1.29 is 4.79 Å². The van der Waals surface area contributed by atoms with Crippen LogP contribution in [0.5, 0.6) is 0 Å². The third-order valence-corrected chi connectivity index (χ3v) is 4.79. The number of hydrogen-bond acceptors (Lipinski definition) is 4. The number of nitrogens with zero attached hydrogens (tertiary/aromatic N) is 4. The average Bonchev–Trinajstić information content (AvgIpc) is 3.25. The van der Waals surface area contributed by atoms with E-state index in [1.807, 2.05) is 11.0 Å². The van der Waals surface area contributed by atoms with E-state index >= 15 is 0 Å². The van der Waals surface area contributed by atoms with Crippen molar-refractivity contribution in [3.63, 3.8) is 0 Å². The average molecular weight is 311 g/mol.